The zero-order chi connectivity index (χ0) is 34.7. The summed E-state index contributed by atoms with van der Waals surface area (Å²) in [5, 5.41) is 13.2. The second kappa shape index (κ2) is 33.8. The second-order valence-corrected chi connectivity index (χ2v) is 9.13. The zero-order valence-corrected chi connectivity index (χ0v) is 26.9. The minimum atomic E-state index is -1.18. The molecule has 0 aromatic rings. The zero-order valence-electron chi connectivity index (χ0n) is 26.9. The number of carboxylic acids is 1. The van der Waals surface area contributed by atoms with E-state index in [9.17, 15) is 33.6 Å². The first-order valence-corrected chi connectivity index (χ1v) is 14.5. The number of hydrogen-bond acceptors (Lipinski definition) is 8. The fraction of sp³-hybridized carbons (Fsp3) is 0.424. The van der Waals surface area contributed by atoms with Crippen LogP contribution >= 0.6 is 0 Å². The lowest BCUT2D eigenvalue weighted by atomic mass is 10.2. The van der Waals surface area contributed by atoms with Crippen LogP contribution in [0.1, 0.15) is 79.1 Å². The van der Waals surface area contributed by atoms with Gasteiger partial charge in [0, 0.05) is 19.3 Å². The molecule has 0 radical (unpaired) electrons. The molecule has 0 fully saturated rings. The van der Waals surface area contributed by atoms with Gasteiger partial charge in [0.05, 0.1) is 19.5 Å². The number of rotatable bonds is 20. The van der Waals surface area contributed by atoms with Crippen LogP contribution in [0.15, 0.2) is 72.9 Å². The van der Waals surface area contributed by atoms with Gasteiger partial charge < -0.3 is 15.7 Å². The topological polar surface area (TPSA) is 202 Å². The fourth-order valence-corrected chi connectivity index (χ4v) is 2.72. The SMILES string of the molecule is C/C=C/C=C/CCC(=O)NCC(=O)CC(=O)O.C/C=C/C=C/CCC(=O)NCC(=O)CC(C)=O.C/C=C/C=C/CCC(=O)NN. The predicted octanol–water partition coefficient (Wildman–Crippen LogP) is 3.51. The molecule has 0 aromatic heterocycles. The molecule has 0 saturated heterocycles. The van der Waals surface area contributed by atoms with Crippen LogP contribution in [-0.2, 0) is 33.6 Å². The molecule has 0 aliphatic rings. The van der Waals surface area contributed by atoms with Crippen molar-refractivity contribution in [2.75, 3.05) is 13.1 Å². The highest BCUT2D eigenvalue weighted by atomic mass is 16.4. The van der Waals surface area contributed by atoms with Crippen molar-refractivity contribution in [2.24, 2.45) is 5.84 Å². The summed E-state index contributed by atoms with van der Waals surface area (Å²) >= 11 is 0. The molecule has 0 unspecified atom stereocenters. The Hall–Kier alpha value is -4.71. The summed E-state index contributed by atoms with van der Waals surface area (Å²) in [5.41, 5.74) is 2.07. The van der Waals surface area contributed by atoms with Crippen molar-refractivity contribution >= 4 is 41.0 Å². The number of hydrogen-bond donors (Lipinski definition) is 5. The monoisotopic (exact) mass is 630 g/mol. The average Bonchev–Trinajstić information content (AvgIpc) is 2.98. The Balaban J connectivity index is -0.000000604. The van der Waals surface area contributed by atoms with E-state index in [2.05, 4.69) is 16.1 Å². The summed E-state index contributed by atoms with van der Waals surface area (Å²) in [6.45, 7) is 6.83. The minimum Gasteiger partial charge on any atom is -0.481 e. The van der Waals surface area contributed by atoms with Crippen LogP contribution in [0.25, 0.3) is 0 Å². The van der Waals surface area contributed by atoms with E-state index in [1.807, 2.05) is 93.7 Å². The number of nitrogens with two attached hydrogens (primary N) is 1. The number of carbonyl (C=O) groups excluding carboxylic acids is 6. The van der Waals surface area contributed by atoms with E-state index in [-0.39, 0.29) is 55.2 Å². The molecule has 3 amide bonds. The number of aliphatic carboxylic acids is 1. The number of hydrazine groups is 1. The van der Waals surface area contributed by atoms with Crippen LogP contribution in [0.2, 0.25) is 0 Å². The highest BCUT2D eigenvalue weighted by Crippen LogP contribution is 1.94. The lowest BCUT2D eigenvalue weighted by molar-refractivity contribution is -0.140. The maximum Gasteiger partial charge on any atom is 0.310 e. The predicted molar refractivity (Wildman–Crippen MR) is 175 cm³/mol. The quantitative estimate of drug-likeness (QED) is 0.0439. The Bertz CT molecular complexity index is 1020. The molecule has 0 spiro atoms. The van der Waals surface area contributed by atoms with Crippen molar-refractivity contribution in [1.82, 2.24) is 16.1 Å². The van der Waals surface area contributed by atoms with Crippen LogP contribution in [0.4, 0.5) is 0 Å². The van der Waals surface area contributed by atoms with Gasteiger partial charge >= 0.3 is 5.97 Å². The molecule has 0 aliphatic carbocycles. The van der Waals surface area contributed by atoms with E-state index in [1.54, 1.807) is 0 Å². The second-order valence-electron chi connectivity index (χ2n) is 9.13. The lowest BCUT2D eigenvalue weighted by Crippen LogP contribution is -2.30. The highest BCUT2D eigenvalue weighted by molar-refractivity contribution is 6.00. The van der Waals surface area contributed by atoms with Gasteiger partial charge in [-0.25, -0.2) is 5.84 Å². The molecule has 0 aromatic carbocycles. The van der Waals surface area contributed by atoms with Gasteiger partial charge in [-0.05, 0) is 47.0 Å². The third kappa shape index (κ3) is 41.5. The van der Waals surface area contributed by atoms with E-state index in [0.717, 1.165) is 6.42 Å². The van der Waals surface area contributed by atoms with Crippen molar-refractivity contribution in [1.29, 1.82) is 0 Å². The third-order valence-electron chi connectivity index (χ3n) is 4.85. The van der Waals surface area contributed by atoms with Crippen LogP contribution in [0.3, 0.4) is 0 Å². The van der Waals surface area contributed by atoms with Crippen molar-refractivity contribution in [3.05, 3.63) is 72.9 Å². The summed E-state index contributed by atoms with van der Waals surface area (Å²) < 4.78 is 0. The fourth-order valence-electron chi connectivity index (χ4n) is 2.72. The number of nitrogens with one attached hydrogen (secondary N) is 3. The normalized spacial score (nSPS) is 11.0. The molecule has 0 atom stereocenters. The van der Waals surface area contributed by atoms with Gasteiger partial charge in [-0.3, -0.25) is 39.0 Å². The Morgan fingerprint density at radius 3 is 1.24 bits per heavy atom. The minimum absolute atomic E-state index is 0.0585. The van der Waals surface area contributed by atoms with Gasteiger partial charge in [-0.2, -0.15) is 0 Å². The molecule has 0 bridgehead atoms. The van der Waals surface area contributed by atoms with Crippen molar-refractivity contribution < 1.29 is 38.7 Å². The molecule has 6 N–H and O–H groups in total. The first kappa shape index (κ1) is 44.7. The van der Waals surface area contributed by atoms with Gasteiger partial charge in [0.25, 0.3) is 0 Å². The van der Waals surface area contributed by atoms with Gasteiger partial charge in [-0.1, -0.05) is 72.9 Å². The average molecular weight is 631 g/mol. The summed E-state index contributed by atoms with van der Waals surface area (Å²) in [4.78, 5) is 75.9. The van der Waals surface area contributed by atoms with Gasteiger partial charge in [0.15, 0.2) is 11.6 Å². The molecule has 250 valence electrons. The van der Waals surface area contributed by atoms with Crippen molar-refractivity contribution in [3.63, 3.8) is 0 Å². The molecule has 0 rings (SSSR count). The molecular weight excluding hydrogens is 580 g/mol. The van der Waals surface area contributed by atoms with Crippen LogP contribution in [0, 0.1) is 0 Å². The van der Waals surface area contributed by atoms with E-state index >= 15 is 0 Å². The maximum absolute atomic E-state index is 11.3. The number of allylic oxidation sites excluding steroid dienone is 12. The Labute approximate surface area is 266 Å². The first-order valence-electron chi connectivity index (χ1n) is 14.5. The standard InChI is InChI=1S/C13H19NO3.C12H17NO4.C8H14N2O/c1-3-4-5-6-7-8-13(17)14-10-12(16)9-11(2)15;1-2-3-4-5-6-7-11(15)13-9-10(14)8-12(16)17;1-2-3-4-5-6-7-8(11)10-9/h3-6H,7-10H2,1-2H3,(H,14,17);2-5H,6-9H2,1H3,(H,13,15)(H,16,17);2-5H,6-7,9H2,1H3,(H,10,11)/b4-3+,6-5+;2*3-2+,5-4+. The number of ketones is 3. The molecule has 12 nitrogen and oxygen atoms in total. The van der Waals surface area contributed by atoms with E-state index in [0.29, 0.717) is 25.7 Å². The lowest BCUT2D eigenvalue weighted by Gasteiger charge is -2.01. The summed E-state index contributed by atoms with van der Waals surface area (Å²) in [5.74, 6) is 2.19. The molecule has 0 heterocycles. The molecule has 0 aliphatic heterocycles. The number of Topliss-reactive ketones (excluding diaryl/α,β-unsaturated/α-hetero) is 3. The van der Waals surface area contributed by atoms with E-state index in [4.69, 9.17) is 10.9 Å². The first-order chi connectivity index (χ1) is 21.4. The largest absolute Gasteiger partial charge is 0.481 e. The Kier molecular flexibility index (Phi) is 33.6. The van der Waals surface area contributed by atoms with Crippen LogP contribution < -0.4 is 21.9 Å². The van der Waals surface area contributed by atoms with Gasteiger partial charge in [-0.15, -0.1) is 0 Å². The van der Waals surface area contributed by atoms with Gasteiger partial charge in [0.2, 0.25) is 17.7 Å². The van der Waals surface area contributed by atoms with E-state index in [1.165, 1.54) is 6.92 Å². The third-order valence-corrected chi connectivity index (χ3v) is 4.85. The Morgan fingerprint density at radius 2 is 0.933 bits per heavy atom. The van der Waals surface area contributed by atoms with Gasteiger partial charge in [0.1, 0.15) is 12.2 Å². The molecule has 0 saturated carbocycles. The maximum atomic E-state index is 11.3. The molecule has 12 heteroatoms. The van der Waals surface area contributed by atoms with E-state index < -0.39 is 18.2 Å². The van der Waals surface area contributed by atoms with Crippen molar-refractivity contribution in [3.8, 4) is 0 Å². The van der Waals surface area contributed by atoms with Crippen LogP contribution in [0.5, 0.6) is 0 Å². The molecule has 45 heavy (non-hydrogen) atoms. The Morgan fingerprint density at radius 1 is 0.578 bits per heavy atom. The number of carboxylic acid groups (broad SMARTS) is 1. The van der Waals surface area contributed by atoms with Crippen LogP contribution in [-0.4, -0.2) is 59.2 Å². The highest BCUT2D eigenvalue weighted by Gasteiger charge is 2.09. The van der Waals surface area contributed by atoms with Crippen molar-refractivity contribution in [2.45, 2.75) is 79.1 Å². The smallest absolute Gasteiger partial charge is 0.310 e. The summed E-state index contributed by atoms with van der Waals surface area (Å²) in [7, 11) is 0. The summed E-state index contributed by atoms with van der Waals surface area (Å²) in [6, 6.07) is 0. The number of carbonyl (C=O) groups is 7. The summed E-state index contributed by atoms with van der Waals surface area (Å²) in [6.07, 6.45) is 25.0. The molecular formula is C33H50N4O8. The number of amides is 3.